The summed E-state index contributed by atoms with van der Waals surface area (Å²) in [6.07, 6.45) is 3.40. The van der Waals surface area contributed by atoms with Crippen molar-refractivity contribution in [1.29, 1.82) is 0 Å². The normalized spacial score (nSPS) is 11.9. The molecule has 2 aromatic heterocycles. The number of nitrogens with zero attached hydrogens (tertiary/aromatic N) is 1. The number of carbonyl (C=O) groups excluding carboxylic acids is 1. The van der Waals surface area contributed by atoms with Crippen molar-refractivity contribution in [3.8, 4) is 5.75 Å². The second-order valence-electron chi connectivity index (χ2n) is 5.94. The summed E-state index contributed by atoms with van der Waals surface area (Å²) in [6.45, 7) is 4.06. The van der Waals surface area contributed by atoms with E-state index in [1.54, 1.807) is 31.5 Å². The summed E-state index contributed by atoms with van der Waals surface area (Å²) in [4.78, 5) is 27.8. The van der Waals surface area contributed by atoms with Crippen molar-refractivity contribution in [3.05, 3.63) is 70.3 Å². The molecule has 0 saturated carbocycles. The summed E-state index contributed by atoms with van der Waals surface area (Å²) in [7, 11) is 0. The molecule has 6 heteroatoms. The van der Waals surface area contributed by atoms with E-state index in [1.807, 2.05) is 25.1 Å². The lowest BCUT2D eigenvalue weighted by Gasteiger charge is -2.15. The largest absolute Gasteiger partial charge is 0.481 e. The van der Waals surface area contributed by atoms with Gasteiger partial charge >= 0.3 is 5.63 Å². The minimum atomic E-state index is -0.685. The van der Waals surface area contributed by atoms with Gasteiger partial charge in [0, 0.05) is 36.5 Å². The first-order chi connectivity index (χ1) is 12.6. The molecule has 0 aliphatic rings. The number of aryl methyl sites for hydroxylation is 1. The van der Waals surface area contributed by atoms with Crippen LogP contribution in [0.2, 0.25) is 0 Å². The smallest absolute Gasteiger partial charge is 0.336 e. The zero-order valence-corrected chi connectivity index (χ0v) is 14.7. The number of hydrogen-bond donors (Lipinski definition) is 1. The van der Waals surface area contributed by atoms with Crippen molar-refractivity contribution in [2.24, 2.45) is 0 Å². The summed E-state index contributed by atoms with van der Waals surface area (Å²) in [5.41, 5.74) is 1.94. The minimum Gasteiger partial charge on any atom is -0.481 e. The van der Waals surface area contributed by atoms with Crippen LogP contribution >= 0.6 is 0 Å². The van der Waals surface area contributed by atoms with Crippen LogP contribution in [0.5, 0.6) is 5.75 Å². The van der Waals surface area contributed by atoms with Gasteiger partial charge < -0.3 is 14.5 Å². The van der Waals surface area contributed by atoms with Crippen LogP contribution in [-0.4, -0.2) is 17.0 Å². The summed E-state index contributed by atoms with van der Waals surface area (Å²) in [5, 5.41) is 3.69. The highest BCUT2D eigenvalue weighted by atomic mass is 16.5. The quantitative estimate of drug-likeness (QED) is 0.690. The molecule has 1 N–H and O–H groups in total. The Balaban J connectivity index is 1.69. The maximum absolute atomic E-state index is 12.2. The molecule has 0 radical (unpaired) electrons. The lowest BCUT2D eigenvalue weighted by molar-refractivity contribution is -0.127. The van der Waals surface area contributed by atoms with Crippen molar-refractivity contribution < 1.29 is 13.9 Å². The van der Waals surface area contributed by atoms with Crippen LogP contribution in [-0.2, 0) is 17.8 Å². The number of amides is 1. The maximum atomic E-state index is 12.2. The number of hydrogen-bond acceptors (Lipinski definition) is 5. The first kappa shape index (κ1) is 17.7. The van der Waals surface area contributed by atoms with E-state index in [-0.39, 0.29) is 5.91 Å². The second kappa shape index (κ2) is 7.82. The fourth-order valence-corrected chi connectivity index (χ4v) is 2.67. The second-order valence-corrected chi connectivity index (χ2v) is 5.94. The van der Waals surface area contributed by atoms with E-state index in [9.17, 15) is 9.59 Å². The molecule has 3 aromatic rings. The standard InChI is InChI=1S/C20H20N2O4/c1-3-15-10-19(23)26-18-11-16(4-5-17(15)18)25-13(2)20(24)22-12-14-6-8-21-9-7-14/h4-11,13H,3,12H2,1-2H3,(H,22,24). The van der Waals surface area contributed by atoms with E-state index in [1.165, 1.54) is 6.07 Å². The van der Waals surface area contributed by atoms with Gasteiger partial charge in [-0.15, -0.1) is 0 Å². The van der Waals surface area contributed by atoms with Crippen molar-refractivity contribution >= 4 is 16.9 Å². The van der Waals surface area contributed by atoms with E-state index in [4.69, 9.17) is 9.15 Å². The van der Waals surface area contributed by atoms with E-state index < -0.39 is 11.7 Å². The van der Waals surface area contributed by atoms with Gasteiger partial charge in [0.2, 0.25) is 0 Å². The van der Waals surface area contributed by atoms with Gasteiger partial charge in [-0.3, -0.25) is 9.78 Å². The molecule has 0 aliphatic carbocycles. The number of fused-ring (bicyclic) bond motifs is 1. The number of nitrogens with one attached hydrogen (secondary N) is 1. The average molecular weight is 352 g/mol. The van der Waals surface area contributed by atoms with Crippen molar-refractivity contribution in [2.75, 3.05) is 0 Å². The van der Waals surface area contributed by atoms with Gasteiger partial charge in [0.15, 0.2) is 6.10 Å². The third-order valence-electron chi connectivity index (χ3n) is 4.08. The molecule has 0 spiro atoms. The number of pyridine rings is 1. The van der Waals surface area contributed by atoms with Gasteiger partial charge in [0.1, 0.15) is 11.3 Å². The summed E-state index contributed by atoms with van der Waals surface area (Å²) >= 11 is 0. The molecular formula is C20H20N2O4. The fourth-order valence-electron chi connectivity index (χ4n) is 2.67. The number of rotatable bonds is 6. The third kappa shape index (κ3) is 4.08. The molecule has 2 heterocycles. The van der Waals surface area contributed by atoms with Crippen LogP contribution in [0.1, 0.15) is 25.0 Å². The van der Waals surface area contributed by atoms with Crippen LogP contribution in [0.15, 0.2) is 58.0 Å². The fraction of sp³-hybridized carbons (Fsp3) is 0.250. The molecule has 0 saturated heterocycles. The molecule has 1 aromatic carbocycles. The van der Waals surface area contributed by atoms with Crippen molar-refractivity contribution in [1.82, 2.24) is 10.3 Å². The predicted octanol–water partition coefficient (Wildman–Crippen LogP) is 2.83. The molecule has 134 valence electrons. The van der Waals surface area contributed by atoms with Gasteiger partial charge in [-0.1, -0.05) is 6.92 Å². The highest BCUT2D eigenvalue weighted by molar-refractivity contribution is 5.83. The van der Waals surface area contributed by atoms with E-state index in [0.29, 0.717) is 17.9 Å². The Morgan fingerprint density at radius 2 is 2.00 bits per heavy atom. The first-order valence-electron chi connectivity index (χ1n) is 8.47. The van der Waals surface area contributed by atoms with Crippen LogP contribution in [0.4, 0.5) is 0 Å². The Hall–Kier alpha value is -3.15. The molecular weight excluding hydrogens is 332 g/mol. The third-order valence-corrected chi connectivity index (χ3v) is 4.08. The Kier molecular flexibility index (Phi) is 5.31. The molecule has 1 amide bonds. The Morgan fingerprint density at radius 3 is 2.73 bits per heavy atom. The van der Waals surface area contributed by atoms with Gasteiger partial charge in [-0.25, -0.2) is 4.79 Å². The molecule has 26 heavy (non-hydrogen) atoms. The van der Waals surface area contributed by atoms with Crippen LogP contribution in [0, 0.1) is 0 Å². The van der Waals surface area contributed by atoms with E-state index in [2.05, 4.69) is 10.3 Å². The Morgan fingerprint density at radius 1 is 1.23 bits per heavy atom. The highest BCUT2D eigenvalue weighted by Crippen LogP contribution is 2.23. The molecule has 0 fully saturated rings. The molecule has 1 unspecified atom stereocenters. The topological polar surface area (TPSA) is 81.4 Å². The number of ether oxygens (including phenoxy) is 1. The lowest BCUT2D eigenvalue weighted by Crippen LogP contribution is -2.35. The molecule has 0 aliphatic heterocycles. The van der Waals surface area contributed by atoms with Gasteiger partial charge in [0.05, 0.1) is 0 Å². The van der Waals surface area contributed by atoms with Crippen LogP contribution < -0.4 is 15.7 Å². The molecule has 1 atom stereocenters. The number of aromatic nitrogens is 1. The van der Waals surface area contributed by atoms with Crippen LogP contribution in [0.3, 0.4) is 0 Å². The van der Waals surface area contributed by atoms with E-state index in [0.717, 1.165) is 22.9 Å². The Labute approximate surface area is 150 Å². The summed E-state index contributed by atoms with van der Waals surface area (Å²) < 4.78 is 10.9. The van der Waals surface area contributed by atoms with E-state index >= 15 is 0 Å². The van der Waals surface area contributed by atoms with Crippen molar-refractivity contribution in [3.63, 3.8) is 0 Å². The van der Waals surface area contributed by atoms with Crippen molar-refractivity contribution in [2.45, 2.75) is 32.9 Å². The van der Waals surface area contributed by atoms with Gasteiger partial charge in [-0.2, -0.15) is 0 Å². The Bertz CT molecular complexity index is 966. The summed E-state index contributed by atoms with van der Waals surface area (Å²) in [6, 6.07) is 10.4. The highest BCUT2D eigenvalue weighted by Gasteiger charge is 2.15. The summed E-state index contributed by atoms with van der Waals surface area (Å²) in [5.74, 6) is 0.242. The maximum Gasteiger partial charge on any atom is 0.336 e. The average Bonchev–Trinajstić information content (AvgIpc) is 2.65. The van der Waals surface area contributed by atoms with Gasteiger partial charge in [0.25, 0.3) is 5.91 Å². The van der Waals surface area contributed by atoms with Gasteiger partial charge in [-0.05, 0) is 48.7 Å². The lowest BCUT2D eigenvalue weighted by atomic mass is 10.1. The minimum absolute atomic E-state index is 0.231. The monoisotopic (exact) mass is 352 g/mol. The number of carbonyl (C=O) groups is 1. The molecule has 0 bridgehead atoms. The van der Waals surface area contributed by atoms with Crippen LogP contribution in [0.25, 0.3) is 11.0 Å². The molecule has 3 rings (SSSR count). The SMILES string of the molecule is CCc1cc(=O)oc2cc(OC(C)C(=O)NCc3ccncc3)ccc12. The first-order valence-corrected chi connectivity index (χ1v) is 8.47. The predicted molar refractivity (Wildman–Crippen MR) is 98.0 cm³/mol. The zero-order valence-electron chi connectivity index (χ0n) is 14.7. The molecule has 6 nitrogen and oxygen atoms in total. The zero-order chi connectivity index (χ0) is 18.5. The number of benzene rings is 1.